The number of nitrogens with zero attached hydrogens (tertiary/aromatic N) is 2. The van der Waals surface area contributed by atoms with Gasteiger partial charge in [-0.1, -0.05) is 35.9 Å². The van der Waals surface area contributed by atoms with E-state index in [0.717, 1.165) is 16.6 Å². The van der Waals surface area contributed by atoms with E-state index in [-0.39, 0.29) is 11.5 Å². The van der Waals surface area contributed by atoms with Crippen molar-refractivity contribution in [3.63, 3.8) is 0 Å². The molecule has 2 aromatic heterocycles. The number of para-hydroxylation sites is 1. The number of rotatable bonds is 3. The van der Waals surface area contributed by atoms with Crippen LogP contribution >= 0.6 is 11.3 Å². The Morgan fingerprint density at radius 1 is 1.15 bits per heavy atom. The molecular weight excluding hydrogens is 346 g/mol. The van der Waals surface area contributed by atoms with Crippen molar-refractivity contribution in [1.29, 1.82) is 0 Å². The lowest BCUT2D eigenvalue weighted by molar-refractivity contribution is 0.102. The summed E-state index contributed by atoms with van der Waals surface area (Å²) in [5.41, 5.74) is 3.16. The highest BCUT2D eigenvalue weighted by atomic mass is 32.1. The minimum absolute atomic E-state index is 0.265. The van der Waals surface area contributed by atoms with Gasteiger partial charge in [-0.3, -0.25) is 10.1 Å². The van der Waals surface area contributed by atoms with Gasteiger partial charge in [-0.2, -0.15) is 0 Å². The molecule has 5 nitrogen and oxygen atoms in total. The van der Waals surface area contributed by atoms with Crippen LogP contribution in [0.3, 0.4) is 0 Å². The number of hydrogen-bond acceptors (Lipinski definition) is 5. The maximum absolute atomic E-state index is 12.8. The molecule has 0 spiro atoms. The zero-order valence-corrected chi connectivity index (χ0v) is 14.8. The lowest BCUT2D eigenvalue weighted by atomic mass is 10.1. The first kappa shape index (κ1) is 16.2. The summed E-state index contributed by atoms with van der Waals surface area (Å²) in [6, 6.07) is 17.0. The fourth-order valence-corrected chi connectivity index (χ4v) is 3.02. The Labute approximate surface area is 153 Å². The van der Waals surface area contributed by atoms with Crippen LogP contribution in [-0.2, 0) is 0 Å². The minimum atomic E-state index is -0.305. The largest absolute Gasteiger partial charge is 0.438 e. The van der Waals surface area contributed by atoms with E-state index in [1.807, 2.05) is 55.5 Å². The van der Waals surface area contributed by atoms with Crippen molar-refractivity contribution >= 4 is 39.0 Å². The summed E-state index contributed by atoms with van der Waals surface area (Å²) in [5.74, 6) is -0.305. The van der Waals surface area contributed by atoms with Crippen LogP contribution in [0.1, 0.15) is 15.9 Å². The number of aryl methyl sites for hydroxylation is 1. The van der Waals surface area contributed by atoms with E-state index in [1.165, 1.54) is 11.3 Å². The Morgan fingerprint density at radius 3 is 2.73 bits per heavy atom. The molecule has 0 aliphatic carbocycles. The van der Waals surface area contributed by atoms with Gasteiger partial charge in [0.1, 0.15) is 11.1 Å². The van der Waals surface area contributed by atoms with Gasteiger partial charge in [-0.25, -0.2) is 9.98 Å². The summed E-state index contributed by atoms with van der Waals surface area (Å²) in [5, 5.41) is 5.96. The van der Waals surface area contributed by atoms with Gasteiger partial charge in [0.25, 0.3) is 5.91 Å². The first-order chi connectivity index (χ1) is 12.7. The summed E-state index contributed by atoms with van der Waals surface area (Å²) in [6.45, 7) is 2.01. The van der Waals surface area contributed by atoms with Crippen molar-refractivity contribution in [1.82, 2.24) is 4.98 Å². The van der Waals surface area contributed by atoms with Crippen LogP contribution in [0.5, 0.6) is 0 Å². The molecule has 1 amide bonds. The average Bonchev–Trinajstić information content (AvgIpc) is 3.16. The average molecular weight is 361 g/mol. The third-order valence-electron chi connectivity index (χ3n) is 3.82. The number of thiazole rings is 1. The lowest BCUT2D eigenvalue weighted by Crippen LogP contribution is -2.21. The van der Waals surface area contributed by atoms with Crippen LogP contribution in [0, 0.1) is 6.92 Å². The number of anilines is 1. The monoisotopic (exact) mass is 361 g/mol. The fraction of sp³-hybridized carbons (Fsp3) is 0.0500. The van der Waals surface area contributed by atoms with E-state index in [9.17, 15) is 4.79 Å². The van der Waals surface area contributed by atoms with Gasteiger partial charge in [-0.15, -0.1) is 11.3 Å². The summed E-state index contributed by atoms with van der Waals surface area (Å²) in [4.78, 5) is 21.4. The predicted octanol–water partition coefficient (Wildman–Crippen LogP) is 4.68. The lowest BCUT2D eigenvalue weighted by Gasteiger charge is -2.05. The normalized spacial score (nSPS) is 11.7. The molecule has 1 N–H and O–H groups in total. The van der Waals surface area contributed by atoms with Crippen LogP contribution in [0.2, 0.25) is 0 Å². The van der Waals surface area contributed by atoms with Crippen molar-refractivity contribution < 1.29 is 9.21 Å². The second-order valence-electron chi connectivity index (χ2n) is 5.74. The van der Waals surface area contributed by atoms with E-state index >= 15 is 0 Å². The van der Waals surface area contributed by atoms with Gasteiger partial charge >= 0.3 is 0 Å². The molecule has 0 aliphatic rings. The third-order valence-corrected chi connectivity index (χ3v) is 4.51. The standard InChI is InChI=1S/C20H15N3O2S/c1-13-6-8-15(9-7-13)22-19-16(18(24)23-20-21-10-11-26-20)12-14-4-2-3-5-17(14)25-19/h2-12H,1H3,(H,21,23,24). The topological polar surface area (TPSA) is 67.5 Å². The number of benzene rings is 2. The van der Waals surface area contributed by atoms with Crippen molar-refractivity contribution in [2.24, 2.45) is 4.99 Å². The third kappa shape index (κ3) is 3.41. The van der Waals surface area contributed by atoms with Crippen LogP contribution in [0.15, 0.2) is 75.6 Å². The maximum Gasteiger partial charge on any atom is 0.262 e. The molecule has 0 fully saturated rings. The molecule has 0 saturated heterocycles. The van der Waals surface area contributed by atoms with Crippen LogP contribution in [0.25, 0.3) is 11.0 Å². The molecule has 6 heteroatoms. The quantitative estimate of drug-likeness (QED) is 0.576. The number of nitrogens with one attached hydrogen (secondary N) is 1. The summed E-state index contributed by atoms with van der Waals surface area (Å²) < 4.78 is 5.92. The number of carbonyl (C=O) groups excluding carboxylic acids is 1. The smallest absolute Gasteiger partial charge is 0.262 e. The molecule has 4 rings (SSSR count). The minimum Gasteiger partial charge on any atom is -0.438 e. The molecule has 0 atom stereocenters. The van der Waals surface area contributed by atoms with Gasteiger partial charge in [0.05, 0.1) is 5.69 Å². The highest BCUT2D eigenvalue weighted by Gasteiger charge is 2.14. The van der Waals surface area contributed by atoms with E-state index < -0.39 is 0 Å². The zero-order valence-electron chi connectivity index (χ0n) is 14.0. The molecular formula is C20H15N3O2S. The molecule has 128 valence electrons. The molecule has 2 aromatic carbocycles. The van der Waals surface area contributed by atoms with Crippen molar-refractivity contribution in [3.05, 3.63) is 82.9 Å². The summed E-state index contributed by atoms with van der Waals surface area (Å²) in [7, 11) is 0. The van der Waals surface area contributed by atoms with Crippen molar-refractivity contribution in [2.75, 3.05) is 5.32 Å². The summed E-state index contributed by atoms with van der Waals surface area (Å²) in [6.07, 6.45) is 1.64. The van der Waals surface area contributed by atoms with Crippen LogP contribution < -0.4 is 10.9 Å². The Balaban J connectivity index is 1.86. The van der Waals surface area contributed by atoms with Gasteiger partial charge < -0.3 is 4.42 Å². The highest BCUT2D eigenvalue weighted by molar-refractivity contribution is 7.13. The molecule has 4 aromatic rings. The second kappa shape index (κ2) is 6.93. The SMILES string of the molecule is Cc1ccc(N=c2oc3ccccc3cc2C(=O)Nc2nccs2)cc1. The first-order valence-corrected chi connectivity index (χ1v) is 8.92. The Hall–Kier alpha value is -3.25. The molecule has 0 unspecified atom stereocenters. The van der Waals surface area contributed by atoms with E-state index in [1.54, 1.807) is 17.6 Å². The molecule has 0 aliphatic heterocycles. The van der Waals surface area contributed by atoms with Crippen molar-refractivity contribution in [2.45, 2.75) is 6.92 Å². The molecule has 0 saturated carbocycles. The fourth-order valence-electron chi connectivity index (χ4n) is 2.50. The summed E-state index contributed by atoms with van der Waals surface area (Å²) >= 11 is 1.36. The first-order valence-electron chi connectivity index (χ1n) is 8.04. The maximum atomic E-state index is 12.8. The van der Waals surface area contributed by atoms with Crippen molar-refractivity contribution in [3.8, 4) is 0 Å². The molecule has 2 heterocycles. The highest BCUT2D eigenvalue weighted by Crippen LogP contribution is 2.17. The molecule has 0 bridgehead atoms. The van der Waals surface area contributed by atoms with E-state index in [4.69, 9.17) is 4.42 Å². The second-order valence-corrected chi connectivity index (χ2v) is 6.64. The number of fused-ring (bicyclic) bond motifs is 1. The Kier molecular flexibility index (Phi) is 4.33. The molecule has 26 heavy (non-hydrogen) atoms. The number of carbonyl (C=O) groups is 1. The number of aromatic nitrogens is 1. The zero-order chi connectivity index (χ0) is 17.9. The Morgan fingerprint density at radius 2 is 1.96 bits per heavy atom. The van der Waals surface area contributed by atoms with E-state index in [2.05, 4.69) is 15.3 Å². The van der Waals surface area contributed by atoms with Gasteiger partial charge in [0.2, 0.25) is 5.55 Å². The van der Waals surface area contributed by atoms with Gasteiger partial charge in [-0.05, 0) is 31.2 Å². The van der Waals surface area contributed by atoms with E-state index in [0.29, 0.717) is 16.3 Å². The van der Waals surface area contributed by atoms with Gasteiger partial charge in [0.15, 0.2) is 5.13 Å². The van der Waals surface area contributed by atoms with Crippen LogP contribution in [0.4, 0.5) is 10.8 Å². The Bertz CT molecular complexity index is 1130. The predicted molar refractivity (Wildman–Crippen MR) is 103 cm³/mol. The number of hydrogen-bond donors (Lipinski definition) is 1. The van der Waals surface area contributed by atoms with Gasteiger partial charge in [0, 0.05) is 17.0 Å². The number of amides is 1. The molecule has 0 radical (unpaired) electrons. The van der Waals surface area contributed by atoms with Crippen LogP contribution in [-0.4, -0.2) is 10.9 Å².